The van der Waals surface area contributed by atoms with Crippen molar-refractivity contribution in [1.29, 1.82) is 0 Å². The van der Waals surface area contributed by atoms with Crippen molar-refractivity contribution in [1.82, 2.24) is 0 Å². The number of ketones is 1. The fraction of sp³-hybridized carbons (Fsp3) is 0.238. The maximum Gasteiger partial charge on any atom is 0.347 e. The Morgan fingerprint density at radius 1 is 1.19 bits per heavy atom. The topological polar surface area (TPSA) is 55.8 Å². The molecule has 140 valence electrons. The van der Waals surface area contributed by atoms with Crippen molar-refractivity contribution in [3.05, 3.63) is 76.1 Å². The van der Waals surface area contributed by atoms with E-state index in [1.165, 1.54) is 0 Å². The van der Waals surface area contributed by atoms with Gasteiger partial charge < -0.3 is 14.4 Å². The van der Waals surface area contributed by atoms with Crippen LogP contribution in [0.15, 0.2) is 60.0 Å². The molecule has 0 N–H and O–H groups in total. The predicted octanol–water partition coefficient (Wildman–Crippen LogP) is 4.03. The Morgan fingerprint density at radius 2 is 1.89 bits per heavy atom. The van der Waals surface area contributed by atoms with E-state index in [2.05, 4.69) is 0 Å². The number of carbonyl (C=O) groups is 2. The zero-order chi connectivity index (χ0) is 19.4. The van der Waals surface area contributed by atoms with E-state index in [1.807, 2.05) is 48.2 Å². The molecule has 0 unspecified atom stereocenters. The van der Waals surface area contributed by atoms with Gasteiger partial charge in [0, 0.05) is 10.7 Å². The number of hydrogen-bond acceptors (Lipinski definition) is 5. The van der Waals surface area contributed by atoms with E-state index >= 15 is 0 Å². The number of benzene rings is 2. The van der Waals surface area contributed by atoms with E-state index < -0.39 is 5.97 Å². The Balaban J connectivity index is 2.08. The molecule has 0 aliphatic carbocycles. The summed E-state index contributed by atoms with van der Waals surface area (Å²) in [6.07, 6.45) is 0. The second-order valence-corrected chi connectivity index (χ2v) is 6.55. The third kappa shape index (κ3) is 4.14. The Kier molecular flexibility index (Phi) is 5.81. The summed E-state index contributed by atoms with van der Waals surface area (Å²) < 4.78 is 10.7. The van der Waals surface area contributed by atoms with E-state index in [1.54, 1.807) is 19.1 Å². The van der Waals surface area contributed by atoms with Crippen LogP contribution in [0.5, 0.6) is 0 Å². The first-order valence-corrected chi connectivity index (χ1v) is 9.04. The van der Waals surface area contributed by atoms with Gasteiger partial charge in [-0.2, -0.15) is 0 Å². The van der Waals surface area contributed by atoms with E-state index in [9.17, 15) is 9.59 Å². The third-order valence-corrected chi connectivity index (χ3v) is 4.47. The lowest BCUT2D eigenvalue weighted by atomic mass is 10.1. The number of halogens is 1. The first-order valence-electron chi connectivity index (χ1n) is 8.66. The molecule has 0 bridgehead atoms. The van der Waals surface area contributed by atoms with Crippen molar-refractivity contribution in [3.63, 3.8) is 0 Å². The first-order chi connectivity index (χ1) is 13.0. The van der Waals surface area contributed by atoms with Gasteiger partial charge in [-0.25, -0.2) is 4.79 Å². The molecule has 0 spiro atoms. The van der Waals surface area contributed by atoms with Crippen LogP contribution in [0.2, 0.25) is 5.02 Å². The van der Waals surface area contributed by atoms with Gasteiger partial charge in [0.1, 0.15) is 0 Å². The van der Waals surface area contributed by atoms with E-state index in [0.29, 0.717) is 11.6 Å². The molecule has 0 fully saturated rings. The van der Waals surface area contributed by atoms with Crippen LogP contribution in [0.25, 0.3) is 0 Å². The number of aryl methyl sites for hydroxylation is 1. The number of esters is 1. The van der Waals surface area contributed by atoms with Crippen molar-refractivity contribution >= 4 is 29.0 Å². The lowest BCUT2D eigenvalue weighted by Crippen LogP contribution is -2.26. The maximum atomic E-state index is 12.4. The van der Waals surface area contributed by atoms with Gasteiger partial charge in [0.2, 0.25) is 11.7 Å². The van der Waals surface area contributed by atoms with Crippen molar-refractivity contribution in [2.75, 3.05) is 18.1 Å². The molecule has 0 radical (unpaired) electrons. The van der Waals surface area contributed by atoms with Crippen LogP contribution in [0, 0.1) is 6.92 Å². The molecular weight excluding hydrogens is 366 g/mol. The molecule has 1 aliphatic heterocycles. The van der Waals surface area contributed by atoms with E-state index in [4.69, 9.17) is 21.1 Å². The van der Waals surface area contributed by atoms with Crippen molar-refractivity contribution in [2.45, 2.75) is 20.4 Å². The molecule has 27 heavy (non-hydrogen) atoms. The fourth-order valence-corrected chi connectivity index (χ4v) is 3.05. The molecule has 5 nitrogen and oxygen atoms in total. The molecular formula is C21H20ClNO4. The van der Waals surface area contributed by atoms with Crippen LogP contribution < -0.4 is 4.90 Å². The fourth-order valence-electron chi connectivity index (χ4n) is 2.92. The van der Waals surface area contributed by atoms with Gasteiger partial charge in [-0.15, -0.1) is 0 Å². The minimum Gasteiger partial charge on any atom is -0.470 e. The zero-order valence-electron chi connectivity index (χ0n) is 15.2. The Bertz CT molecular complexity index is 889. The summed E-state index contributed by atoms with van der Waals surface area (Å²) in [6, 6.07) is 15.1. The Morgan fingerprint density at radius 3 is 2.56 bits per heavy atom. The molecule has 0 atom stereocenters. The molecule has 0 aromatic heterocycles. The van der Waals surface area contributed by atoms with E-state index in [-0.39, 0.29) is 30.5 Å². The van der Waals surface area contributed by atoms with E-state index in [0.717, 1.165) is 16.8 Å². The average molecular weight is 386 g/mol. The highest BCUT2D eigenvalue weighted by atomic mass is 35.5. The van der Waals surface area contributed by atoms with Crippen LogP contribution in [0.3, 0.4) is 0 Å². The van der Waals surface area contributed by atoms with Crippen molar-refractivity contribution in [2.24, 2.45) is 0 Å². The molecule has 3 rings (SSSR count). The predicted molar refractivity (Wildman–Crippen MR) is 103 cm³/mol. The van der Waals surface area contributed by atoms with Gasteiger partial charge in [0.25, 0.3) is 0 Å². The van der Waals surface area contributed by atoms with Gasteiger partial charge in [-0.3, -0.25) is 4.79 Å². The molecule has 1 heterocycles. The lowest BCUT2D eigenvalue weighted by Gasteiger charge is -2.27. The minimum atomic E-state index is -0.662. The molecule has 0 amide bonds. The maximum absolute atomic E-state index is 12.4. The summed E-state index contributed by atoms with van der Waals surface area (Å²) in [4.78, 5) is 26.5. The van der Waals surface area contributed by atoms with Crippen molar-refractivity contribution < 1.29 is 19.1 Å². The summed E-state index contributed by atoms with van der Waals surface area (Å²) in [5.41, 5.74) is 2.75. The van der Waals surface area contributed by atoms with Crippen LogP contribution >= 0.6 is 11.6 Å². The Hall–Kier alpha value is -2.79. The Labute approximate surface area is 163 Å². The molecule has 0 saturated heterocycles. The molecule has 2 aromatic carbocycles. The number of anilines is 1. The highest BCUT2D eigenvalue weighted by Crippen LogP contribution is 2.31. The average Bonchev–Trinajstić information content (AvgIpc) is 3.03. The number of hydrogen-bond donors (Lipinski definition) is 0. The highest BCUT2D eigenvalue weighted by molar-refractivity contribution is 6.30. The van der Waals surface area contributed by atoms with Gasteiger partial charge in [0.05, 0.1) is 13.2 Å². The zero-order valence-corrected chi connectivity index (χ0v) is 16.0. The quantitative estimate of drug-likeness (QED) is 0.555. The molecule has 1 aliphatic rings. The second kappa shape index (κ2) is 8.27. The SMILES string of the molecule is CCOC(=O)C1=C(N(Cc2ccc(Cl)cc2)c2ccccc2C)OCC1=O. The monoisotopic (exact) mass is 385 g/mol. The summed E-state index contributed by atoms with van der Waals surface area (Å²) in [7, 11) is 0. The van der Waals surface area contributed by atoms with Gasteiger partial charge in [-0.05, 0) is 43.2 Å². The highest BCUT2D eigenvalue weighted by Gasteiger charge is 2.36. The van der Waals surface area contributed by atoms with Crippen LogP contribution in [-0.4, -0.2) is 25.0 Å². The number of para-hydroxylation sites is 1. The van der Waals surface area contributed by atoms with Gasteiger partial charge >= 0.3 is 5.97 Å². The van der Waals surface area contributed by atoms with Crippen molar-refractivity contribution in [3.8, 4) is 0 Å². The number of ether oxygens (including phenoxy) is 2. The summed E-state index contributed by atoms with van der Waals surface area (Å²) in [6.45, 7) is 4.08. The number of rotatable bonds is 6. The number of Topliss-reactive ketones (excluding diaryl/α,β-unsaturated/α-hetero) is 1. The first kappa shape index (κ1) is 19.0. The summed E-state index contributed by atoms with van der Waals surface area (Å²) in [5, 5.41) is 0.639. The van der Waals surface area contributed by atoms with Gasteiger partial charge in [-0.1, -0.05) is 41.9 Å². The van der Waals surface area contributed by atoms with Gasteiger partial charge in [0.15, 0.2) is 12.2 Å². The number of carbonyl (C=O) groups excluding carboxylic acids is 2. The summed E-state index contributed by atoms with van der Waals surface area (Å²) >= 11 is 5.98. The van der Waals surface area contributed by atoms with Crippen LogP contribution in [0.4, 0.5) is 5.69 Å². The molecule has 0 saturated carbocycles. The second-order valence-electron chi connectivity index (χ2n) is 6.11. The molecule has 6 heteroatoms. The normalized spacial score (nSPS) is 13.5. The largest absolute Gasteiger partial charge is 0.470 e. The smallest absolute Gasteiger partial charge is 0.347 e. The standard InChI is InChI=1S/C21H20ClNO4/c1-3-26-21(25)19-18(24)13-27-20(19)23(17-7-5-4-6-14(17)2)12-15-8-10-16(22)11-9-15/h4-11H,3,12-13H2,1-2H3. The minimum absolute atomic E-state index is 0.0472. The van der Waals surface area contributed by atoms with Crippen LogP contribution in [-0.2, 0) is 25.6 Å². The number of nitrogens with zero attached hydrogens (tertiary/aromatic N) is 1. The van der Waals surface area contributed by atoms with Crippen LogP contribution in [0.1, 0.15) is 18.1 Å². The summed E-state index contributed by atoms with van der Waals surface area (Å²) in [5.74, 6) is -0.814. The lowest BCUT2D eigenvalue weighted by molar-refractivity contribution is -0.139. The third-order valence-electron chi connectivity index (χ3n) is 4.22. The molecule has 2 aromatic rings.